The van der Waals surface area contributed by atoms with Crippen LogP contribution >= 0.6 is 0 Å². The molecule has 0 radical (unpaired) electrons. The van der Waals surface area contributed by atoms with Gasteiger partial charge in [0.15, 0.2) is 0 Å². The van der Waals surface area contributed by atoms with E-state index in [1.165, 1.54) is 5.56 Å². The van der Waals surface area contributed by atoms with Crippen LogP contribution in [0, 0.1) is 20.8 Å². The maximum absolute atomic E-state index is 4.71. The van der Waals surface area contributed by atoms with Crippen LogP contribution in [-0.4, -0.2) is 27.0 Å². The second kappa shape index (κ2) is 6.74. The summed E-state index contributed by atoms with van der Waals surface area (Å²) in [7, 11) is 1.98. The van der Waals surface area contributed by atoms with E-state index in [1.807, 2.05) is 50.2 Å². The Labute approximate surface area is 142 Å². The van der Waals surface area contributed by atoms with E-state index in [-0.39, 0.29) is 0 Å². The molecule has 0 aromatic carbocycles. The minimum atomic E-state index is 0.668. The molecule has 0 aliphatic rings. The highest BCUT2D eigenvalue weighted by molar-refractivity contribution is 5.62. The van der Waals surface area contributed by atoms with Crippen molar-refractivity contribution in [3.05, 3.63) is 65.4 Å². The Morgan fingerprint density at radius 2 is 1.75 bits per heavy atom. The SMILES string of the molecule is Cc1ccc(-c2ccnc(N(C)Cc3ncccc3C)n2)c(C)n1. The van der Waals surface area contributed by atoms with E-state index in [9.17, 15) is 0 Å². The molecule has 24 heavy (non-hydrogen) atoms. The van der Waals surface area contributed by atoms with Crippen LogP contribution in [0.4, 0.5) is 5.95 Å². The van der Waals surface area contributed by atoms with Crippen molar-refractivity contribution in [1.29, 1.82) is 0 Å². The maximum Gasteiger partial charge on any atom is 0.225 e. The first-order valence-electron chi connectivity index (χ1n) is 7.94. The fourth-order valence-electron chi connectivity index (χ4n) is 2.62. The van der Waals surface area contributed by atoms with Crippen molar-refractivity contribution in [1.82, 2.24) is 19.9 Å². The van der Waals surface area contributed by atoms with Gasteiger partial charge in [0.2, 0.25) is 5.95 Å². The van der Waals surface area contributed by atoms with Crippen molar-refractivity contribution in [3.63, 3.8) is 0 Å². The van der Waals surface area contributed by atoms with Crippen LogP contribution in [0.3, 0.4) is 0 Å². The van der Waals surface area contributed by atoms with Gasteiger partial charge in [-0.25, -0.2) is 9.97 Å². The van der Waals surface area contributed by atoms with E-state index in [1.54, 1.807) is 6.20 Å². The summed E-state index contributed by atoms with van der Waals surface area (Å²) in [6.07, 6.45) is 3.60. The average Bonchev–Trinajstić information content (AvgIpc) is 2.57. The van der Waals surface area contributed by atoms with Crippen molar-refractivity contribution in [3.8, 4) is 11.3 Å². The molecule has 5 heteroatoms. The lowest BCUT2D eigenvalue weighted by atomic mass is 10.1. The summed E-state index contributed by atoms with van der Waals surface area (Å²) in [5, 5.41) is 0. The smallest absolute Gasteiger partial charge is 0.225 e. The van der Waals surface area contributed by atoms with Crippen LogP contribution in [-0.2, 0) is 6.54 Å². The predicted octanol–water partition coefficient (Wildman–Crippen LogP) is 3.50. The number of pyridine rings is 2. The molecular formula is C19H21N5. The van der Waals surface area contributed by atoms with Gasteiger partial charge in [-0.1, -0.05) is 6.07 Å². The Hall–Kier alpha value is -2.82. The van der Waals surface area contributed by atoms with Crippen molar-refractivity contribution in [2.75, 3.05) is 11.9 Å². The van der Waals surface area contributed by atoms with Crippen LogP contribution in [0.25, 0.3) is 11.3 Å². The molecule has 0 spiro atoms. The van der Waals surface area contributed by atoms with E-state index >= 15 is 0 Å². The zero-order valence-corrected chi connectivity index (χ0v) is 14.5. The standard InChI is InChI=1S/C19H21N5/c1-13-6-5-10-20-18(13)12-24(4)19-21-11-9-17(23-19)16-8-7-14(2)22-15(16)3/h5-11H,12H2,1-4H3. The molecule has 0 aliphatic heterocycles. The van der Waals surface area contributed by atoms with Gasteiger partial charge in [0.05, 0.1) is 17.9 Å². The Morgan fingerprint density at radius 3 is 2.50 bits per heavy atom. The number of aryl methyl sites for hydroxylation is 3. The van der Waals surface area contributed by atoms with Crippen molar-refractivity contribution < 1.29 is 0 Å². The van der Waals surface area contributed by atoms with Gasteiger partial charge >= 0.3 is 0 Å². The van der Waals surface area contributed by atoms with Gasteiger partial charge in [0.25, 0.3) is 0 Å². The maximum atomic E-state index is 4.71. The zero-order chi connectivity index (χ0) is 17.1. The van der Waals surface area contributed by atoms with Gasteiger partial charge in [-0.05, 0) is 50.6 Å². The van der Waals surface area contributed by atoms with E-state index in [0.29, 0.717) is 12.5 Å². The summed E-state index contributed by atoms with van der Waals surface area (Å²) in [5.41, 5.74) is 6.10. The third-order valence-corrected chi connectivity index (χ3v) is 3.99. The van der Waals surface area contributed by atoms with E-state index in [4.69, 9.17) is 4.98 Å². The number of hydrogen-bond acceptors (Lipinski definition) is 5. The predicted molar refractivity (Wildman–Crippen MR) is 95.8 cm³/mol. The van der Waals surface area contributed by atoms with Crippen LogP contribution < -0.4 is 4.90 Å². The van der Waals surface area contributed by atoms with Gasteiger partial charge in [0.1, 0.15) is 0 Å². The highest BCUT2D eigenvalue weighted by Crippen LogP contribution is 2.22. The van der Waals surface area contributed by atoms with Crippen LogP contribution in [0.1, 0.15) is 22.6 Å². The van der Waals surface area contributed by atoms with Gasteiger partial charge in [-0.2, -0.15) is 0 Å². The molecule has 3 aromatic heterocycles. The van der Waals surface area contributed by atoms with Gasteiger partial charge in [0, 0.05) is 36.4 Å². The van der Waals surface area contributed by atoms with Crippen molar-refractivity contribution in [2.45, 2.75) is 27.3 Å². The van der Waals surface area contributed by atoms with Crippen LogP contribution in [0.5, 0.6) is 0 Å². The highest BCUT2D eigenvalue weighted by Gasteiger charge is 2.11. The van der Waals surface area contributed by atoms with Gasteiger partial charge in [-0.15, -0.1) is 0 Å². The molecule has 3 rings (SSSR count). The summed E-state index contributed by atoms with van der Waals surface area (Å²) in [6.45, 7) is 6.73. The molecule has 122 valence electrons. The molecule has 0 saturated carbocycles. The Kier molecular flexibility index (Phi) is 4.51. The summed E-state index contributed by atoms with van der Waals surface area (Å²) in [5.74, 6) is 0.678. The first-order valence-corrected chi connectivity index (χ1v) is 7.94. The van der Waals surface area contributed by atoms with Crippen molar-refractivity contribution in [2.24, 2.45) is 0 Å². The monoisotopic (exact) mass is 319 g/mol. The first-order chi connectivity index (χ1) is 11.5. The molecule has 0 fully saturated rings. The lowest BCUT2D eigenvalue weighted by Gasteiger charge is -2.18. The number of rotatable bonds is 4. The third kappa shape index (κ3) is 3.40. The lowest BCUT2D eigenvalue weighted by Crippen LogP contribution is -2.20. The average molecular weight is 319 g/mol. The Morgan fingerprint density at radius 1 is 0.917 bits per heavy atom. The van der Waals surface area contributed by atoms with Gasteiger partial charge < -0.3 is 4.90 Å². The van der Waals surface area contributed by atoms with E-state index < -0.39 is 0 Å². The largest absolute Gasteiger partial charge is 0.338 e. The molecule has 0 unspecified atom stereocenters. The minimum absolute atomic E-state index is 0.668. The van der Waals surface area contributed by atoms with Crippen molar-refractivity contribution >= 4 is 5.95 Å². The molecule has 0 amide bonds. The molecular weight excluding hydrogens is 298 g/mol. The Balaban J connectivity index is 1.88. The lowest BCUT2D eigenvalue weighted by molar-refractivity contribution is 0.834. The Bertz CT molecular complexity index is 860. The number of anilines is 1. The number of nitrogens with zero attached hydrogens (tertiary/aromatic N) is 5. The first kappa shape index (κ1) is 16.1. The highest BCUT2D eigenvalue weighted by atomic mass is 15.2. The summed E-state index contributed by atoms with van der Waals surface area (Å²) >= 11 is 0. The normalized spacial score (nSPS) is 10.7. The number of hydrogen-bond donors (Lipinski definition) is 0. The molecule has 0 aliphatic carbocycles. The molecule has 0 saturated heterocycles. The third-order valence-electron chi connectivity index (χ3n) is 3.99. The quantitative estimate of drug-likeness (QED) is 0.737. The van der Waals surface area contributed by atoms with Crippen LogP contribution in [0.15, 0.2) is 42.7 Å². The number of aromatic nitrogens is 4. The molecule has 5 nitrogen and oxygen atoms in total. The fraction of sp³-hybridized carbons (Fsp3) is 0.263. The molecule has 0 bridgehead atoms. The second-order valence-electron chi connectivity index (χ2n) is 5.95. The second-order valence-corrected chi connectivity index (χ2v) is 5.95. The fourth-order valence-corrected chi connectivity index (χ4v) is 2.62. The molecule has 3 heterocycles. The van der Waals surface area contributed by atoms with Crippen LogP contribution in [0.2, 0.25) is 0 Å². The molecule has 0 atom stereocenters. The summed E-state index contributed by atoms with van der Waals surface area (Å²) < 4.78 is 0. The molecule has 0 N–H and O–H groups in total. The zero-order valence-electron chi connectivity index (χ0n) is 14.5. The minimum Gasteiger partial charge on any atom is -0.338 e. The van der Waals surface area contributed by atoms with E-state index in [0.717, 1.165) is 28.3 Å². The topological polar surface area (TPSA) is 54.8 Å². The molecule has 3 aromatic rings. The van der Waals surface area contributed by atoms with E-state index in [2.05, 4.69) is 34.0 Å². The van der Waals surface area contributed by atoms with Gasteiger partial charge in [-0.3, -0.25) is 9.97 Å². The summed E-state index contributed by atoms with van der Waals surface area (Å²) in [6, 6.07) is 10.00. The summed E-state index contributed by atoms with van der Waals surface area (Å²) in [4.78, 5) is 20.1.